The first-order chi connectivity index (χ1) is 7.15. The van der Waals surface area contributed by atoms with Gasteiger partial charge in [0.05, 0.1) is 0 Å². The number of hydrogen-bond donors (Lipinski definition) is 3. The number of hydrogen-bond acceptors (Lipinski definition) is 2. The molecule has 0 bridgehead atoms. The lowest BCUT2D eigenvalue weighted by atomic mass is 9.83. The summed E-state index contributed by atoms with van der Waals surface area (Å²) in [7, 11) is 1.53. The number of nitrogens with one attached hydrogen (secondary N) is 2. The lowest BCUT2D eigenvalue weighted by Crippen LogP contribution is -2.50. The quantitative estimate of drug-likeness (QED) is 0.654. The van der Waals surface area contributed by atoms with Gasteiger partial charge in [-0.05, 0) is 18.8 Å². The van der Waals surface area contributed by atoms with Crippen molar-refractivity contribution in [3.63, 3.8) is 0 Å². The second kappa shape index (κ2) is 5.58. The standard InChI is InChI=1S/C10H18N2O3/c1-11-9(13)8(12-10(14)15)7-5-3-2-4-6-7/h7-8,12H,2-6H2,1H3,(H,11,13)(H,14,15). The third kappa shape index (κ3) is 3.42. The Morgan fingerprint density at radius 2 is 1.87 bits per heavy atom. The van der Waals surface area contributed by atoms with Gasteiger partial charge in [-0.3, -0.25) is 4.79 Å². The largest absolute Gasteiger partial charge is 0.465 e. The van der Waals surface area contributed by atoms with Crippen molar-refractivity contribution in [3.05, 3.63) is 0 Å². The van der Waals surface area contributed by atoms with Crippen molar-refractivity contribution in [2.75, 3.05) is 7.05 Å². The van der Waals surface area contributed by atoms with Crippen LogP contribution in [0.5, 0.6) is 0 Å². The first-order valence-electron chi connectivity index (χ1n) is 5.36. The van der Waals surface area contributed by atoms with Crippen LogP contribution in [0.15, 0.2) is 0 Å². The SMILES string of the molecule is CNC(=O)C(NC(=O)O)C1CCCCC1. The summed E-state index contributed by atoms with van der Waals surface area (Å²) in [6.45, 7) is 0. The third-order valence-corrected chi connectivity index (χ3v) is 2.93. The average Bonchev–Trinajstić information content (AvgIpc) is 2.26. The van der Waals surface area contributed by atoms with E-state index < -0.39 is 12.1 Å². The molecule has 1 saturated carbocycles. The molecule has 1 rings (SSSR count). The monoisotopic (exact) mass is 214 g/mol. The predicted molar refractivity (Wildman–Crippen MR) is 55.6 cm³/mol. The Labute approximate surface area is 89.2 Å². The van der Waals surface area contributed by atoms with E-state index >= 15 is 0 Å². The fourth-order valence-electron chi connectivity index (χ4n) is 2.15. The van der Waals surface area contributed by atoms with Gasteiger partial charge in [0.2, 0.25) is 5.91 Å². The average molecular weight is 214 g/mol. The van der Waals surface area contributed by atoms with Gasteiger partial charge in [-0.2, -0.15) is 0 Å². The molecule has 3 N–H and O–H groups in total. The molecule has 0 radical (unpaired) electrons. The van der Waals surface area contributed by atoms with Crippen LogP contribution < -0.4 is 10.6 Å². The van der Waals surface area contributed by atoms with Crippen molar-refractivity contribution in [3.8, 4) is 0 Å². The topological polar surface area (TPSA) is 78.4 Å². The fourth-order valence-corrected chi connectivity index (χ4v) is 2.15. The Morgan fingerprint density at radius 3 is 2.33 bits per heavy atom. The summed E-state index contributed by atoms with van der Waals surface area (Å²) in [6, 6.07) is -0.590. The number of amides is 2. The predicted octanol–water partition coefficient (Wildman–Crippen LogP) is 0.949. The summed E-state index contributed by atoms with van der Waals surface area (Å²) in [5.74, 6) is -0.0842. The molecule has 15 heavy (non-hydrogen) atoms. The molecule has 5 heteroatoms. The zero-order chi connectivity index (χ0) is 11.3. The summed E-state index contributed by atoms with van der Waals surface area (Å²) < 4.78 is 0. The minimum absolute atomic E-state index is 0.148. The molecule has 0 heterocycles. The molecule has 1 aliphatic rings. The van der Waals surface area contributed by atoms with E-state index in [9.17, 15) is 9.59 Å². The second-order valence-corrected chi connectivity index (χ2v) is 3.94. The Balaban J connectivity index is 2.60. The van der Waals surface area contributed by atoms with Crippen LogP contribution in [-0.4, -0.2) is 30.2 Å². The van der Waals surface area contributed by atoms with Gasteiger partial charge in [0.15, 0.2) is 0 Å². The Hall–Kier alpha value is -1.26. The van der Waals surface area contributed by atoms with E-state index in [0.717, 1.165) is 25.7 Å². The molecule has 1 aliphatic carbocycles. The van der Waals surface area contributed by atoms with Crippen LogP contribution in [0.2, 0.25) is 0 Å². The molecule has 86 valence electrons. The smallest absolute Gasteiger partial charge is 0.405 e. The molecular weight excluding hydrogens is 196 g/mol. The molecule has 0 aromatic rings. The van der Waals surface area contributed by atoms with Crippen molar-refractivity contribution in [2.24, 2.45) is 5.92 Å². The minimum Gasteiger partial charge on any atom is -0.465 e. The zero-order valence-electron chi connectivity index (χ0n) is 8.95. The van der Waals surface area contributed by atoms with E-state index in [-0.39, 0.29) is 11.8 Å². The van der Waals surface area contributed by atoms with E-state index in [2.05, 4.69) is 10.6 Å². The number of carbonyl (C=O) groups excluding carboxylic acids is 1. The molecular formula is C10H18N2O3. The molecule has 0 aromatic heterocycles. The number of likely N-dealkylation sites (N-methyl/N-ethyl adjacent to an activating group) is 1. The molecule has 1 fully saturated rings. The van der Waals surface area contributed by atoms with Crippen LogP contribution in [0.25, 0.3) is 0 Å². The molecule has 0 aliphatic heterocycles. The van der Waals surface area contributed by atoms with Crippen molar-refractivity contribution in [1.82, 2.24) is 10.6 Å². The first kappa shape index (κ1) is 11.8. The van der Waals surface area contributed by atoms with E-state index in [1.54, 1.807) is 0 Å². The summed E-state index contributed by atoms with van der Waals surface area (Å²) in [5, 5.41) is 13.5. The van der Waals surface area contributed by atoms with Gasteiger partial charge in [-0.25, -0.2) is 4.79 Å². The lowest BCUT2D eigenvalue weighted by molar-refractivity contribution is -0.124. The summed E-state index contributed by atoms with van der Waals surface area (Å²) in [5.41, 5.74) is 0. The molecule has 0 spiro atoms. The van der Waals surface area contributed by atoms with Gasteiger partial charge >= 0.3 is 6.09 Å². The summed E-state index contributed by atoms with van der Waals surface area (Å²) in [4.78, 5) is 22.1. The molecule has 5 nitrogen and oxygen atoms in total. The highest BCUT2D eigenvalue weighted by atomic mass is 16.4. The fraction of sp³-hybridized carbons (Fsp3) is 0.800. The zero-order valence-corrected chi connectivity index (χ0v) is 8.95. The second-order valence-electron chi connectivity index (χ2n) is 3.94. The van der Waals surface area contributed by atoms with E-state index in [0.29, 0.717) is 0 Å². The van der Waals surface area contributed by atoms with Crippen LogP contribution in [0, 0.1) is 5.92 Å². The van der Waals surface area contributed by atoms with Crippen molar-refractivity contribution >= 4 is 12.0 Å². The van der Waals surface area contributed by atoms with Crippen LogP contribution in [-0.2, 0) is 4.79 Å². The highest BCUT2D eigenvalue weighted by Gasteiger charge is 2.29. The summed E-state index contributed by atoms with van der Waals surface area (Å²) >= 11 is 0. The number of carboxylic acid groups (broad SMARTS) is 1. The van der Waals surface area contributed by atoms with Gasteiger partial charge < -0.3 is 15.7 Å². The molecule has 2 amide bonds. The van der Waals surface area contributed by atoms with Crippen molar-refractivity contribution < 1.29 is 14.7 Å². The van der Waals surface area contributed by atoms with Crippen LogP contribution in [0.3, 0.4) is 0 Å². The van der Waals surface area contributed by atoms with Crippen molar-refractivity contribution in [2.45, 2.75) is 38.1 Å². The Kier molecular flexibility index (Phi) is 4.39. The van der Waals surface area contributed by atoms with Crippen molar-refractivity contribution in [1.29, 1.82) is 0 Å². The number of carbonyl (C=O) groups is 2. The maximum absolute atomic E-state index is 11.5. The minimum atomic E-state index is -1.13. The maximum Gasteiger partial charge on any atom is 0.405 e. The lowest BCUT2D eigenvalue weighted by Gasteiger charge is -2.28. The van der Waals surface area contributed by atoms with E-state index in [1.165, 1.54) is 13.5 Å². The highest BCUT2D eigenvalue weighted by Crippen LogP contribution is 2.26. The maximum atomic E-state index is 11.5. The van der Waals surface area contributed by atoms with Crippen LogP contribution in [0.4, 0.5) is 4.79 Å². The molecule has 1 atom stereocenters. The molecule has 0 aromatic carbocycles. The summed E-state index contributed by atoms with van der Waals surface area (Å²) in [6.07, 6.45) is 4.08. The number of rotatable bonds is 3. The van der Waals surface area contributed by atoms with Gasteiger partial charge in [0.25, 0.3) is 0 Å². The van der Waals surface area contributed by atoms with Gasteiger partial charge in [-0.1, -0.05) is 19.3 Å². The molecule has 0 saturated heterocycles. The Bertz CT molecular complexity index is 237. The van der Waals surface area contributed by atoms with Gasteiger partial charge in [0.1, 0.15) is 6.04 Å². The molecule has 1 unspecified atom stereocenters. The van der Waals surface area contributed by atoms with Crippen LogP contribution in [0.1, 0.15) is 32.1 Å². The van der Waals surface area contributed by atoms with Gasteiger partial charge in [-0.15, -0.1) is 0 Å². The van der Waals surface area contributed by atoms with Gasteiger partial charge in [0, 0.05) is 7.05 Å². The normalized spacial score (nSPS) is 19.3. The van der Waals surface area contributed by atoms with E-state index in [4.69, 9.17) is 5.11 Å². The van der Waals surface area contributed by atoms with E-state index in [1.807, 2.05) is 0 Å². The third-order valence-electron chi connectivity index (χ3n) is 2.93. The Morgan fingerprint density at radius 1 is 1.27 bits per heavy atom. The first-order valence-corrected chi connectivity index (χ1v) is 5.36. The van der Waals surface area contributed by atoms with Crippen LogP contribution >= 0.6 is 0 Å². The highest BCUT2D eigenvalue weighted by molar-refractivity contribution is 5.85.